The zero-order valence-corrected chi connectivity index (χ0v) is 22.5. The molecule has 1 atom stereocenters. The number of carbonyl (C=O) groups excluding carboxylic acids is 2. The molecule has 1 unspecified atom stereocenters. The van der Waals surface area contributed by atoms with Crippen LogP contribution in [0.5, 0.6) is 17.2 Å². The summed E-state index contributed by atoms with van der Waals surface area (Å²) in [5.74, 6) is 1.06. The van der Waals surface area contributed by atoms with Crippen LogP contribution in [0.15, 0.2) is 17.5 Å². The molecule has 0 radical (unpaired) electrons. The monoisotopic (exact) mass is 537 g/mol. The number of likely N-dealkylation sites (tertiary alicyclic amines) is 1. The number of rotatable bonds is 7. The second-order valence-electron chi connectivity index (χ2n) is 8.99. The van der Waals surface area contributed by atoms with Gasteiger partial charge in [0.15, 0.2) is 21.3 Å². The van der Waals surface area contributed by atoms with E-state index in [4.69, 9.17) is 14.2 Å². The van der Waals surface area contributed by atoms with E-state index in [0.717, 1.165) is 17.8 Å². The average Bonchev–Trinajstić information content (AvgIpc) is 3.53. The highest BCUT2D eigenvalue weighted by molar-refractivity contribution is 7.91. The Labute approximate surface area is 215 Å². The van der Waals surface area contributed by atoms with Gasteiger partial charge in [-0.1, -0.05) is 0 Å². The Bertz CT molecular complexity index is 1240. The third kappa shape index (κ3) is 5.15. The lowest BCUT2D eigenvalue weighted by molar-refractivity contribution is 0.0708. The van der Waals surface area contributed by atoms with Gasteiger partial charge in [-0.05, 0) is 31.4 Å². The van der Waals surface area contributed by atoms with Gasteiger partial charge in [-0.3, -0.25) is 9.59 Å². The SMILES string of the molecule is COc1ccc(C(=O)N2CCC(c3nc(C(=O)N(C)C4CCS(=O)(=O)C4)cs3)CC2)c(OC)c1OC. The highest BCUT2D eigenvalue weighted by atomic mass is 32.2. The number of amides is 2. The molecule has 2 saturated heterocycles. The van der Waals surface area contributed by atoms with Gasteiger partial charge in [-0.25, -0.2) is 13.4 Å². The Morgan fingerprint density at radius 1 is 1.06 bits per heavy atom. The van der Waals surface area contributed by atoms with Gasteiger partial charge >= 0.3 is 0 Å². The molecule has 4 rings (SSSR count). The molecule has 3 heterocycles. The Morgan fingerprint density at radius 3 is 2.33 bits per heavy atom. The fourth-order valence-electron chi connectivity index (χ4n) is 4.77. The lowest BCUT2D eigenvalue weighted by Crippen LogP contribution is -2.38. The third-order valence-corrected chi connectivity index (χ3v) is 9.64. The van der Waals surface area contributed by atoms with Crippen molar-refractivity contribution in [3.8, 4) is 17.2 Å². The smallest absolute Gasteiger partial charge is 0.273 e. The predicted octanol–water partition coefficient (Wildman–Crippen LogP) is 2.45. The summed E-state index contributed by atoms with van der Waals surface area (Å²) in [6, 6.07) is 3.06. The molecule has 10 nitrogen and oxygen atoms in total. The molecule has 0 saturated carbocycles. The van der Waals surface area contributed by atoms with Crippen LogP contribution in [0.2, 0.25) is 0 Å². The van der Waals surface area contributed by atoms with Crippen molar-refractivity contribution in [2.45, 2.75) is 31.2 Å². The van der Waals surface area contributed by atoms with Gasteiger partial charge in [-0.15, -0.1) is 11.3 Å². The molecule has 1 aromatic heterocycles. The molecule has 0 bridgehead atoms. The van der Waals surface area contributed by atoms with Crippen molar-refractivity contribution in [1.82, 2.24) is 14.8 Å². The topological polar surface area (TPSA) is 115 Å². The summed E-state index contributed by atoms with van der Waals surface area (Å²) in [5.41, 5.74) is 0.753. The molecule has 0 aliphatic carbocycles. The number of piperidine rings is 1. The molecule has 2 aliphatic rings. The average molecular weight is 538 g/mol. The lowest BCUT2D eigenvalue weighted by atomic mass is 9.96. The molecular formula is C24H31N3O7S2. The second-order valence-corrected chi connectivity index (χ2v) is 12.1. The van der Waals surface area contributed by atoms with E-state index in [1.807, 2.05) is 0 Å². The summed E-state index contributed by atoms with van der Waals surface area (Å²) in [4.78, 5) is 34.0. The highest BCUT2D eigenvalue weighted by Crippen LogP contribution is 2.41. The molecule has 0 spiro atoms. The molecule has 12 heteroatoms. The molecule has 196 valence electrons. The van der Waals surface area contributed by atoms with Crippen LogP contribution in [0.4, 0.5) is 0 Å². The van der Waals surface area contributed by atoms with Crippen LogP contribution >= 0.6 is 11.3 Å². The first-order valence-corrected chi connectivity index (χ1v) is 14.4. The molecule has 2 aromatic rings. The number of thiazole rings is 1. The fraction of sp³-hybridized carbons (Fsp3) is 0.542. The molecule has 36 heavy (non-hydrogen) atoms. The summed E-state index contributed by atoms with van der Waals surface area (Å²) < 4.78 is 39.7. The van der Waals surface area contributed by atoms with Crippen molar-refractivity contribution >= 4 is 33.0 Å². The summed E-state index contributed by atoms with van der Waals surface area (Å²) in [7, 11) is 3.08. The number of carbonyl (C=O) groups is 2. The molecular weight excluding hydrogens is 506 g/mol. The lowest BCUT2D eigenvalue weighted by Gasteiger charge is -2.31. The van der Waals surface area contributed by atoms with E-state index in [2.05, 4.69) is 4.98 Å². The Balaban J connectivity index is 1.40. The Hall–Kier alpha value is -2.86. The van der Waals surface area contributed by atoms with E-state index in [0.29, 0.717) is 48.0 Å². The van der Waals surface area contributed by atoms with E-state index >= 15 is 0 Å². The predicted molar refractivity (Wildman–Crippen MR) is 135 cm³/mol. The van der Waals surface area contributed by atoms with Crippen molar-refractivity contribution in [2.24, 2.45) is 0 Å². The van der Waals surface area contributed by atoms with Gasteiger partial charge in [0.2, 0.25) is 5.75 Å². The summed E-state index contributed by atoms with van der Waals surface area (Å²) in [5, 5.41) is 2.60. The van der Waals surface area contributed by atoms with E-state index in [1.54, 1.807) is 29.5 Å². The number of methoxy groups -OCH3 is 3. The standard InChI is InChI=1S/C24H31N3O7S2/c1-26(16-9-12-36(30,31)14-16)24(29)18-13-35-22(25-18)15-7-10-27(11-8-15)23(28)17-5-6-19(32-2)21(34-4)20(17)33-3/h5-6,13,15-16H,7-12,14H2,1-4H3. The van der Waals surface area contributed by atoms with Crippen molar-refractivity contribution in [1.29, 1.82) is 0 Å². The maximum atomic E-state index is 13.3. The number of sulfone groups is 1. The first-order chi connectivity index (χ1) is 17.2. The number of benzene rings is 1. The number of hydrogen-bond donors (Lipinski definition) is 0. The second kappa shape index (κ2) is 10.6. The molecule has 2 amide bonds. The van der Waals surface area contributed by atoms with Gasteiger partial charge in [0.25, 0.3) is 11.8 Å². The van der Waals surface area contributed by atoms with Crippen molar-refractivity contribution < 1.29 is 32.2 Å². The van der Waals surface area contributed by atoms with Crippen LogP contribution < -0.4 is 14.2 Å². The van der Waals surface area contributed by atoms with Crippen LogP contribution in [0.25, 0.3) is 0 Å². The summed E-state index contributed by atoms with van der Waals surface area (Å²) in [6.45, 7) is 1.09. The molecule has 2 aliphatic heterocycles. The van der Waals surface area contributed by atoms with Crippen molar-refractivity contribution in [3.63, 3.8) is 0 Å². The normalized spacial score (nSPS) is 19.7. The number of hydrogen-bond acceptors (Lipinski definition) is 9. The first-order valence-electron chi connectivity index (χ1n) is 11.7. The quantitative estimate of drug-likeness (QED) is 0.529. The summed E-state index contributed by atoms with van der Waals surface area (Å²) >= 11 is 1.43. The zero-order chi connectivity index (χ0) is 26.0. The van der Waals surface area contributed by atoms with E-state index in [9.17, 15) is 18.0 Å². The summed E-state index contributed by atoms with van der Waals surface area (Å²) in [6.07, 6.45) is 1.90. The van der Waals surface area contributed by atoms with Crippen LogP contribution in [0.3, 0.4) is 0 Å². The van der Waals surface area contributed by atoms with Gasteiger partial charge in [0.1, 0.15) is 5.69 Å². The zero-order valence-electron chi connectivity index (χ0n) is 20.9. The van der Waals surface area contributed by atoms with E-state index in [1.165, 1.54) is 37.6 Å². The Kier molecular flexibility index (Phi) is 7.74. The van der Waals surface area contributed by atoms with E-state index in [-0.39, 0.29) is 35.3 Å². The van der Waals surface area contributed by atoms with Crippen LogP contribution in [-0.2, 0) is 9.84 Å². The first kappa shape index (κ1) is 26.2. The van der Waals surface area contributed by atoms with Crippen molar-refractivity contribution in [2.75, 3.05) is 53.0 Å². The molecule has 2 fully saturated rings. The Morgan fingerprint density at radius 2 is 1.75 bits per heavy atom. The third-order valence-electron chi connectivity index (χ3n) is 6.88. The van der Waals surface area contributed by atoms with Gasteiger partial charge in [0.05, 0.1) is 43.4 Å². The van der Waals surface area contributed by atoms with Gasteiger partial charge in [-0.2, -0.15) is 0 Å². The maximum Gasteiger partial charge on any atom is 0.273 e. The van der Waals surface area contributed by atoms with Gasteiger partial charge in [0, 0.05) is 37.5 Å². The minimum Gasteiger partial charge on any atom is -0.493 e. The van der Waals surface area contributed by atoms with Crippen LogP contribution in [0, 0.1) is 0 Å². The highest BCUT2D eigenvalue weighted by Gasteiger charge is 2.34. The maximum absolute atomic E-state index is 13.3. The fourth-order valence-corrected chi connectivity index (χ4v) is 7.51. The number of nitrogens with zero attached hydrogens (tertiary/aromatic N) is 3. The van der Waals surface area contributed by atoms with Crippen LogP contribution in [-0.4, -0.2) is 94.0 Å². The minimum atomic E-state index is -3.08. The van der Waals surface area contributed by atoms with E-state index < -0.39 is 9.84 Å². The number of aromatic nitrogens is 1. The number of ether oxygens (including phenoxy) is 3. The van der Waals surface area contributed by atoms with Crippen molar-refractivity contribution in [3.05, 3.63) is 33.8 Å². The van der Waals surface area contributed by atoms with Crippen LogP contribution in [0.1, 0.15) is 51.0 Å². The molecule has 0 N–H and O–H groups in total. The largest absolute Gasteiger partial charge is 0.493 e. The molecule has 1 aromatic carbocycles. The van der Waals surface area contributed by atoms with Gasteiger partial charge < -0.3 is 24.0 Å². The minimum absolute atomic E-state index is 0.00355.